The minimum absolute atomic E-state index is 0.0901. The molecular formula is C15H14FNO3. The quantitative estimate of drug-likeness (QED) is 0.796. The summed E-state index contributed by atoms with van der Waals surface area (Å²) in [6.07, 6.45) is 1.72. The minimum Gasteiger partial charge on any atom is -0.481 e. The summed E-state index contributed by atoms with van der Waals surface area (Å²) >= 11 is 0. The fourth-order valence-corrected chi connectivity index (χ4v) is 1.99. The smallest absolute Gasteiger partial charge is 0.307 e. The van der Waals surface area contributed by atoms with E-state index in [9.17, 15) is 19.1 Å². The number of carbonyl (C=O) groups excluding carboxylic acids is 1. The second-order valence-electron chi connectivity index (χ2n) is 4.58. The van der Waals surface area contributed by atoms with Gasteiger partial charge in [-0.2, -0.15) is 0 Å². The second-order valence-corrected chi connectivity index (χ2v) is 4.58. The number of Topliss-reactive ketones (excluding diaryl/α,β-unsaturated/α-hetero) is 1. The Bertz CT molecular complexity index is 590. The van der Waals surface area contributed by atoms with Crippen molar-refractivity contribution in [3.05, 3.63) is 59.7 Å². The third-order valence-electron chi connectivity index (χ3n) is 3.07. The van der Waals surface area contributed by atoms with Crippen molar-refractivity contribution < 1.29 is 19.1 Å². The number of benzene rings is 1. The molecule has 0 unspecified atom stereocenters. The highest BCUT2D eigenvalue weighted by molar-refractivity contribution is 5.96. The number of rotatable bonds is 6. The molecule has 0 saturated carbocycles. The number of aromatic nitrogens is 1. The first-order chi connectivity index (χ1) is 9.56. The molecule has 1 heterocycles. The zero-order valence-corrected chi connectivity index (χ0v) is 10.7. The van der Waals surface area contributed by atoms with Crippen molar-refractivity contribution in [1.82, 2.24) is 4.98 Å². The summed E-state index contributed by atoms with van der Waals surface area (Å²) in [4.78, 5) is 25.9. The normalized spacial score (nSPS) is 12.1. The minimum atomic E-state index is -1.03. The molecule has 2 rings (SSSR count). The van der Waals surface area contributed by atoms with Crippen LogP contribution in [0.4, 0.5) is 4.39 Å². The molecule has 2 N–H and O–H groups in total. The van der Waals surface area contributed by atoms with Crippen LogP contribution in [-0.2, 0) is 11.2 Å². The van der Waals surface area contributed by atoms with E-state index in [0.717, 1.165) is 0 Å². The molecule has 0 spiro atoms. The Kier molecular flexibility index (Phi) is 4.30. The third kappa shape index (κ3) is 3.54. The Labute approximate surface area is 115 Å². The molecule has 104 valence electrons. The van der Waals surface area contributed by atoms with Crippen molar-refractivity contribution in [2.24, 2.45) is 5.92 Å². The molecule has 0 aliphatic heterocycles. The van der Waals surface area contributed by atoms with E-state index in [1.807, 2.05) is 0 Å². The number of hydrogen-bond acceptors (Lipinski definition) is 2. The van der Waals surface area contributed by atoms with Crippen molar-refractivity contribution in [2.45, 2.75) is 12.8 Å². The van der Waals surface area contributed by atoms with Crippen LogP contribution in [0, 0.1) is 11.7 Å². The van der Waals surface area contributed by atoms with Crippen LogP contribution in [0.2, 0.25) is 0 Å². The summed E-state index contributed by atoms with van der Waals surface area (Å²) in [6, 6.07) is 8.92. The van der Waals surface area contributed by atoms with E-state index >= 15 is 0 Å². The van der Waals surface area contributed by atoms with Crippen molar-refractivity contribution in [3.63, 3.8) is 0 Å². The lowest BCUT2D eigenvalue weighted by Crippen LogP contribution is -2.20. The van der Waals surface area contributed by atoms with Gasteiger partial charge in [0.05, 0.1) is 11.6 Å². The third-order valence-corrected chi connectivity index (χ3v) is 3.07. The van der Waals surface area contributed by atoms with Crippen molar-refractivity contribution >= 4 is 11.8 Å². The maximum Gasteiger partial charge on any atom is 0.307 e. The molecule has 20 heavy (non-hydrogen) atoms. The molecule has 0 bridgehead atoms. The van der Waals surface area contributed by atoms with Crippen molar-refractivity contribution in [3.8, 4) is 0 Å². The van der Waals surface area contributed by atoms with E-state index in [1.54, 1.807) is 18.3 Å². The summed E-state index contributed by atoms with van der Waals surface area (Å²) in [7, 11) is 0. The highest BCUT2D eigenvalue weighted by Crippen LogP contribution is 2.16. The molecule has 1 aromatic heterocycles. The molecule has 0 aliphatic carbocycles. The first kappa shape index (κ1) is 14.0. The number of carboxylic acids is 1. The Morgan fingerprint density at radius 2 is 1.90 bits per heavy atom. The predicted molar refractivity (Wildman–Crippen MR) is 71.0 cm³/mol. The molecule has 0 radical (unpaired) electrons. The lowest BCUT2D eigenvalue weighted by Gasteiger charge is -2.11. The largest absolute Gasteiger partial charge is 0.481 e. The second kappa shape index (κ2) is 6.14. The van der Waals surface area contributed by atoms with Crippen LogP contribution in [0.25, 0.3) is 0 Å². The monoisotopic (exact) mass is 275 g/mol. The molecule has 2 aromatic rings. The Hall–Kier alpha value is -2.43. The Morgan fingerprint density at radius 3 is 2.45 bits per heavy atom. The zero-order valence-electron chi connectivity index (χ0n) is 10.7. The number of aliphatic carboxylic acids is 1. The highest BCUT2D eigenvalue weighted by atomic mass is 19.1. The molecule has 1 aromatic carbocycles. The maximum atomic E-state index is 12.8. The van der Waals surface area contributed by atoms with E-state index in [0.29, 0.717) is 11.3 Å². The number of carboxylic acid groups (broad SMARTS) is 1. The van der Waals surface area contributed by atoms with Crippen LogP contribution in [0.15, 0.2) is 42.6 Å². The summed E-state index contributed by atoms with van der Waals surface area (Å²) < 4.78 is 12.8. The van der Waals surface area contributed by atoms with Gasteiger partial charge in [0.25, 0.3) is 0 Å². The number of aromatic amines is 1. The summed E-state index contributed by atoms with van der Waals surface area (Å²) in [5.74, 6) is -2.47. The van der Waals surface area contributed by atoms with Gasteiger partial charge in [0, 0.05) is 12.6 Å². The van der Waals surface area contributed by atoms with Gasteiger partial charge in [-0.15, -0.1) is 0 Å². The van der Waals surface area contributed by atoms with Gasteiger partial charge in [-0.05, 0) is 36.2 Å². The molecule has 5 heteroatoms. The topological polar surface area (TPSA) is 70.2 Å². The first-order valence-electron chi connectivity index (χ1n) is 6.20. The van der Waals surface area contributed by atoms with Gasteiger partial charge in [-0.25, -0.2) is 4.39 Å². The number of hydrogen-bond donors (Lipinski definition) is 2. The summed E-state index contributed by atoms with van der Waals surface area (Å²) in [5, 5.41) is 9.20. The van der Waals surface area contributed by atoms with Gasteiger partial charge < -0.3 is 10.1 Å². The van der Waals surface area contributed by atoms with Crippen LogP contribution in [0.5, 0.6) is 0 Å². The Balaban J connectivity index is 2.06. The van der Waals surface area contributed by atoms with Crippen molar-refractivity contribution in [2.75, 3.05) is 0 Å². The van der Waals surface area contributed by atoms with Crippen LogP contribution in [-0.4, -0.2) is 21.8 Å². The fourth-order valence-electron chi connectivity index (χ4n) is 1.99. The van der Waals surface area contributed by atoms with E-state index < -0.39 is 11.9 Å². The van der Waals surface area contributed by atoms with Gasteiger partial charge >= 0.3 is 5.97 Å². The lowest BCUT2D eigenvalue weighted by atomic mass is 9.93. The Morgan fingerprint density at radius 1 is 1.20 bits per heavy atom. The van der Waals surface area contributed by atoms with Gasteiger partial charge in [0.1, 0.15) is 5.82 Å². The van der Waals surface area contributed by atoms with Crippen molar-refractivity contribution in [1.29, 1.82) is 0 Å². The predicted octanol–water partition coefficient (Wildman–Crippen LogP) is 2.67. The number of H-pyrrole nitrogens is 1. The van der Waals surface area contributed by atoms with Gasteiger partial charge in [0.2, 0.25) is 0 Å². The van der Waals surface area contributed by atoms with Crippen LogP contribution in [0.1, 0.15) is 22.5 Å². The number of nitrogens with one attached hydrogen (secondary N) is 1. The van der Waals surface area contributed by atoms with Crippen LogP contribution < -0.4 is 0 Å². The number of carbonyl (C=O) groups is 2. The number of halogens is 1. The summed E-state index contributed by atoms with van der Waals surface area (Å²) in [6.45, 7) is 0. The van der Waals surface area contributed by atoms with E-state index in [2.05, 4.69) is 4.98 Å². The molecule has 0 saturated heterocycles. The zero-order chi connectivity index (χ0) is 14.5. The first-order valence-corrected chi connectivity index (χ1v) is 6.20. The number of ketones is 1. The van der Waals surface area contributed by atoms with Crippen LogP contribution in [0.3, 0.4) is 0 Å². The standard InChI is InChI=1S/C15H14FNO3/c16-12-5-3-10(4-6-12)8-11(15(19)20)9-14(18)13-2-1-7-17-13/h1-7,11,17H,8-9H2,(H,19,20)/t11-/m1/s1. The van der Waals surface area contributed by atoms with E-state index in [4.69, 9.17) is 0 Å². The van der Waals surface area contributed by atoms with Gasteiger partial charge in [0.15, 0.2) is 5.78 Å². The van der Waals surface area contributed by atoms with Gasteiger partial charge in [-0.3, -0.25) is 9.59 Å². The highest BCUT2D eigenvalue weighted by Gasteiger charge is 2.22. The van der Waals surface area contributed by atoms with Gasteiger partial charge in [-0.1, -0.05) is 12.1 Å². The molecule has 1 atom stereocenters. The average molecular weight is 275 g/mol. The SMILES string of the molecule is O=C(C[C@@H](Cc1ccc(F)cc1)C(=O)O)c1ccc[nH]1. The molecule has 0 amide bonds. The molecule has 0 fully saturated rings. The molecule has 4 nitrogen and oxygen atoms in total. The lowest BCUT2D eigenvalue weighted by molar-refractivity contribution is -0.141. The van der Waals surface area contributed by atoms with E-state index in [1.165, 1.54) is 24.3 Å². The molecular weight excluding hydrogens is 261 g/mol. The van der Waals surface area contributed by atoms with Crippen LogP contribution >= 0.6 is 0 Å². The molecule has 0 aliphatic rings. The fraction of sp³-hybridized carbons (Fsp3) is 0.200. The summed E-state index contributed by atoms with van der Waals surface area (Å²) in [5.41, 5.74) is 1.09. The average Bonchev–Trinajstić information content (AvgIpc) is 2.94. The van der Waals surface area contributed by atoms with E-state index in [-0.39, 0.29) is 24.4 Å². The maximum absolute atomic E-state index is 12.8.